The van der Waals surface area contributed by atoms with E-state index in [9.17, 15) is 22.4 Å². The van der Waals surface area contributed by atoms with Crippen LogP contribution in [0.15, 0.2) is 18.2 Å². The van der Waals surface area contributed by atoms with Crippen LogP contribution >= 0.6 is 0 Å². The molecule has 1 aromatic carbocycles. The summed E-state index contributed by atoms with van der Waals surface area (Å²) in [6, 6.07) is 3.93. The van der Waals surface area contributed by atoms with Crippen molar-refractivity contribution in [3.05, 3.63) is 29.6 Å². The zero-order valence-electron chi connectivity index (χ0n) is 18.1. The number of rotatable bonds is 13. The largest absolute Gasteiger partial charge is 0.385 e. The molecule has 3 N–H and O–H groups in total. The van der Waals surface area contributed by atoms with Gasteiger partial charge in [0.15, 0.2) is 0 Å². The van der Waals surface area contributed by atoms with E-state index in [1.54, 1.807) is 0 Å². The summed E-state index contributed by atoms with van der Waals surface area (Å²) in [6.07, 6.45) is 5.94. The maximum atomic E-state index is 14.2. The van der Waals surface area contributed by atoms with Crippen LogP contribution in [0, 0.1) is 17.7 Å². The standard InChI is InChI=1S/C22H31FN4O4S/c23-18-10-17(11-19(12-18)24-13-15-4-5-15)21(16-6-7-16)26-32(30,31)9-3-1-2-8-27-14-20(28)25-22(27)29/h10-12,15-16,21,24,26H,1-9,13-14H2,(H,25,28,29)/t21-/m1/s1. The Bertz CT molecular complexity index is 963. The highest BCUT2D eigenvalue weighted by atomic mass is 32.2. The van der Waals surface area contributed by atoms with E-state index in [-0.39, 0.29) is 29.9 Å². The van der Waals surface area contributed by atoms with Crippen molar-refractivity contribution in [1.29, 1.82) is 0 Å². The van der Waals surface area contributed by atoms with Gasteiger partial charge in [-0.1, -0.05) is 6.42 Å². The SMILES string of the molecule is O=C1CN(CCCCCS(=O)(=O)N[C@@H](c2cc(F)cc(NCC3CC3)c2)C2CC2)C(=O)N1. The first-order chi connectivity index (χ1) is 15.3. The maximum absolute atomic E-state index is 14.2. The Labute approximate surface area is 188 Å². The number of benzene rings is 1. The van der Waals surface area contributed by atoms with Gasteiger partial charge in [0.25, 0.3) is 0 Å². The van der Waals surface area contributed by atoms with Crippen molar-refractivity contribution in [2.75, 3.05) is 30.7 Å². The van der Waals surface area contributed by atoms with Crippen LogP contribution in [0.5, 0.6) is 0 Å². The summed E-state index contributed by atoms with van der Waals surface area (Å²) in [6.45, 7) is 1.30. The summed E-state index contributed by atoms with van der Waals surface area (Å²) in [5, 5.41) is 5.49. The van der Waals surface area contributed by atoms with Crippen molar-refractivity contribution in [2.24, 2.45) is 11.8 Å². The predicted octanol–water partition coefficient (Wildman–Crippen LogP) is 2.74. The van der Waals surface area contributed by atoms with Gasteiger partial charge in [-0.25, -0.2) is 22.3 Å². The average Bonchev–Trinajstić information content (AvgIpc) is 3.64. The third-order valence-corrected chi connectivity index (χ3v) is 7.62. The van der Waals surface area contributed by atoms with Crippen LogP contribution in [0.25, 0.3) is 0 Å². The summed E-state index contributed by atoms with van der Waals surface area (Å²) in [5.41, 5.74) is 1.36. The van der Waals surface area contributed by atoms with Crippen LogP contribution in [-0.4, -0.2) is 50.6 Å². The molecule has 3 amide bonds. The summed E-state index contributed by atoms with van der Waals surface area (Å²) in [4.78, 5) is 24.1. The summed E-state index contributed by atoms with van der Waals surface area (Å²) < 4.78 is 42.5. The van der Waals surface area contributed by atoms with Gasteiger partial charge in [-0.15, -0.1) is 0 Å². The maximum Gasteiger partial charge on any atom is 0.324 e. The molecular weight excluding hydrogens is 435 g/mol. The highest BCUT2D eigenvalue weighted by molar-refractivity contribution is 7.89. The number of hydrogen-bond acceptors (Lipinski definition) is 5. The Morgan fingerprint density at radius 1 is 1.09 bits per heavy atom. The number of sulfonamides is 1. The number of urea groups is 1. The molecule has 1 heterocycles. The number of unbranched alkanes of at least 4 members (excludes halogenated alkanes) is 2. The molecule has 3 aliphatic rings. The van der Waals surface area contributed by atoms with E-state index < -0.39 is 22.1 Å². The van der Waals surface area contributed by atoms with Gasteiger partial charge in [0.2, 0.25) is 15.9 Å². The molecule has 0 unspecified atom stereocenters. The highest BCUT2D eigenvalue weighted by Gasteiger charge is 2.35. The van der Waals surface area contributed by atoms with Crippen molar-refractivity contribution in [3.63, 3.8) is 0 Å². The van der Waals surface area contributed by atoms with E-state index in [1.165, 1.54) is 29.9 Å². The molecule has 0 bridgehead atoms. The number of carbonyl (C=O) groups excluding carboxylic acids is 2. The molecule has 2 aliphatic carbocycles. The molecule has 176 valence electrons. The number of carbonyl (C=O) groups is 2. The molecule has 1 saturated heterocycles. The highest BCUT2D eigenvalue weighted by Crippen LogP contribution is 2.42. The first kappa shape index (κ1) is 23.0. The Balaban J connectivity index is 1.28. The third kappa shape index (κ3) is 6.65. The van der Waals surface area contributed by atoms with Crippen LogP contribution in [0.3, 0.4) is 0 Å². The van der Waals surface area contributed by atoms with Crippen molar-refractivity contribution in [2.45, 2.75) is 51.0 Å². The normalized spacial score (nSPS) is 19.8. The molecule has 1 atom stereocenters. The van der Waals surface area contributed by atoms with Gasteiger partial charge >= 0.3 is 6.03 Å². The zero-order valence-corrected chi connectivity index (χ0v) is 18.9. The molecule has 8 nitrogen and oxygen atoms in total. The number of imide groups is 1. The summed E-state index contributed by atoms with van der Waals surface area (Å²) >= 11 is 0. The smallest absolute Gasteiger partial charge is 0.324 e. The lowest BCUT2D eigenvalue weighted by Gasteiger charge is -2.20. The van der Waals surface area contributed by atoms with Crippen LogP contribution in [0.4, 0.5) is 14.9 Å². The second kappa shape index (κ2) is 9.74. The van der Waals surface area contributed by atoms with E-state index in [2.05, 4.69) is 15.4 Å². The second-order valence-electron chi connectivity index (χ2n) is 9.18. The minimum absolute atomic E-state index is 0.0244. The quantitative estimate of drug-likeness (QED) is 0.306. The van der Waals surface area contributed by atoms with E-state index in [1.807, 2.05) is 6.07 Å². The van der Waals surface area contributed by atoms with Crippen LogP contribution in [0.1, 0.15) is 56.6 Å². The van der Waals surface area contributed by atoms with E-state index in [0.29, 0.717) is 43.0 Å². The topological polar surface area (TPSA) is 108 Å². The van der Waals surface area contributed by atoms with Crippen molar-refractivity contribution in [3.8, 4) is 0 Å². The number of nitrogens with one attached hydrogen (secondary N) is 3. The summed E-state index contributed by atoms with van der Waals surface area (Å²) in [7, 11) is -3.53. The van der Waals surface area contributed by atoms with Gasteiger partial charge in [-0.3, -0.25) is 10.1 Å². The lowest BCUT2D eigenvalue weighted by molar-refractivity contribution is -0.118. The molecule has 3 fully saturated rings. The average molecular weight is 467 g/mol. The number of halogens is 1. The Kier molecular flexibility index (Phi) is 6.99. The van der Waals surface area contributed by atoms with Gasteiger partial charge in [-0.2, -0.15) is 0 Å². The minimum Gasteiger partial charge on any atom is -0.385 e. The van der Waals surface area contributed by atoms with Gasteiger partial charge < -0.3 is 10.2 Å². The molecule has 0 spiro atoms. The zero-order chi connectivity index (χ0) is 22.7. The molecule has 1 aromatic rings. The van der Waals surface area contributed by atoms with Crippen molar-refractivity contribution < 1.29 is 22.4 Å². The lowest BCUT2D eigenvalue weighted by atomic mass is 10.0. The first-order valence-electron chi connectivity index (χ1n) is 11.4. The van der Waals surface area contributed by atoms with Gasteiger partial charge in [-0.05, 0) is 74.1 Å². The molecule has 1 aliphatic heterocycles. The fourth-order valence-electron chi connectivity index (χ4n) is 4.03. The third-order valence-electron chi connectivity index (χ3n) is 6.18. The molecule has 10 heteroatoms. The lowest BCUT2D eigenvalue weighted by Crippen LogP contribution is -2.32. The number of hydrogen-bond donors (Lipinski definition) is 3. The Morgan fingerprint density at radius 2 is 1.88 bits per heavy atom. The first-order valence-corrected chi connectivity index (χ1v) is 13.1. The van der Waals surface area contributed by atoms with Crippen LogP contribution in [-0.2, 0) is 14.8 Å². The van der Waals surface area contributed by atoms with Crippen LogP contribution in [0.2, 0.25) is 0 Å². The van der Waals surface area contributed by atoms with E-state index in [0.717, 1.165) is 19.4 Å². The molecule has 2 saturated carbocycles. The summed E-state index contributed by atoms with van der Waals surface area (Å²) in [5.74, 6) is 0.142. The number of amides is 3. The van der Waals surface area contributed by atoms with Gasteiger partial charge in [0, 0.05) is 24.8 Å². The van der Waals surface area contributed by atoms with Crippen molar-refractivity contribution in [1.82, 2.24) is 14.9 Å². The minimum atomic E-state index is -3.53. The molecule has 32 heavy (non-hydrogen) atoms. The number of nitrogens with zero attached hydrogens (tertiary/aromatic N) is 1. The molecular formula is C22H31FN4O4S. The monoisotopic (exact) mass is 466 g/mol. The molecule has 4 rings (SSSR count). The van der Waals surface area contributed by atoms with Gasteiger partial charge in [0.1, 0.15) is 12.4 Å². The van der Waals surface area contributed by atoms with Crippen molar-refractivity contribution >= 4 is 27.6 Å². The molecule has 0 aromatic heterocycles. The Hall–Kier alpha value is -2.20. The van der Waals surface area contributed by atoms with Crippen LogP contribution < -0.4 is 15.4 Å². The fraction of sp³-hybridized carbons (Fsp3) is 0.636. The second-order valence-corrected chi connectivity index (χ2v) is 11.1. The van der Waals surface area contributed by atoms with E-state index in [4.69, 9.17) is 0 Å². The molecule has 0 radical (unpaired) electrons. The fourth-order valence-corrected chi connectivity index (χ4v) is 5.45. The predicted molar refractivity (Wildman–Crippen MR) is 119 cm³/mol. The van der Waals surface area contributed by atoms with Gasteiger partial charge in [0.05, 0.1) is 5.75 Å². The van der Waals surface area contributed by atoms with E-state index >= 15 is 0 Å². The Morgan fingerprint density at radius 3 is 2.53 bits per heavy atom. The number of anilines is 1.